The molecule has 0 aliphatic heterocycles. The van der Waals surface area contributed by atoms with E-state index >= 15 is 0 Å². The zero-order valence-electron chi connectivity index (χ0n) is 14.8. The number of fused-ring (bicyclic) bond motifs is 1. The number of esters is 1. The van der Waals surface area contributed by atoms with Gasteiger partial charge in [0.1, 0.15) is 11.3 Å². The normalized spacial score (nSPS) is 11.1. The number of carbonyl (C=O) groups is 1. The number of carbonyl (C=O) groups excluding carboxylic acids is 1. The predicted octanol–water partition coefficient (Wildman–Crippen LogP) is 5.53. The van der Waals surface area contributed by atoms with Gasteiger partial charge < -0.3 is 9.15 Å². The molecule has 4 aromatic rings. The summed E-state index contributed by atoms with van der Waals surface area (Å²) in [7, 11) is 0. The van der Waals surface area contributed by atoms with Crippen molar-refractivity contribution in [2.75, 3.05) is 0 Å². The second-order valence-electron chi connectivity index (χ2n) is 6.18. The zero-order chi connectivity index (χ0) is 18.6. The first-order valence-corrected chi connectivity index (χ1v) is 8.60. The highest BCUT2D eigenvalue weighted by Gasteiger charge is 2.08. The zero-order valence-corrected chi connectivity index (χ0v) is 14.8. The molecule has 0 aliphatic rings. The molecule has 0 saturated carbocycles. The van der Waals surface area contributed by atoms with Crippen LogP contribution < -0.4 is 4.74 Å². The Morgan fingerprint density at radius 2 is 1.67 bits per heavy atom. The molecule has 0 spiro atoms. The minimum absolute atomic E-state index is 0.381. The van der Waals surface area contributed by atoms with Gasteiger partial charge in [-0.1, -0.05) is 42.0 Å². The van der Waals surface area contributed by atoms with E-state index in [4.69, 9.17) is 9.15 Å². The van der Waals surface area contributed by atoms with Crippen molar-refractivity contribution < 1.29 is 13.9 Å². The first-order valence-electron chi connectivity index (χ1n) is 8.60. The standard InChI is InChI=1S/C23H17NO3/c1-16-6-13-19(14-7-16)26-23(25)18-11-8-17(9-12-18)10-15-22-24-20-4-2-3-5-21(20)27-22/h2-15H,1H3/b15-10+. The lowest BCUT2D eigenvalue weighted by Crippen LogP contribution is -2.08. The molecule has 4 rings (SSSR count). The van der Waals surface area contributed by atoms with E-state index < -0.39 is 0 Å². The van der Waals surface area contributed by atoms with Crippen LogP contribution in [0.3, 0.4) is 0 Å². The van der Waals surface area contributed by atoms with Crippen molar-refractivity contribution in [3.8, 4) is 5.75 Å². The molecule has 0 unspecified atom stereocenters. The van der Waals surface area contributed by atoms with E-state index in [-0.39, 0.29) is 5.97 Å². The Kier molecular flexibility index (Phi) is 4.54. The van der Waals surface area contributed by atoms with Gasteiger partial charge in [0.2, 0.25) is 5.89 Å². The van der Waals surface area contributed by atoms with Crippen LogP contribution in [0.4, 0.5) is 0 Å². The molecule has 27 heavy (non-hydrogen) atoms. The van der Waals surface area contributed by atoms with Crippen molar-refractivity contribution in [1.82, 2.24) is 4.98 Å². The van der Waals surface area contributed by atoms with Crippen molar-refractivity contribution in [3.63, 3.8) is 0 Å². The molecule has 1 heterocycles. The summed E-state index contributed by atoms with van der Waals surface area (Å²) in [4.78, 5) is 16.6. The largest absolute Gasteiger partial charge is 0.437 e. The molecule has 0 saturated heterocycles. The third kappa shape index (κ3) is 3.96. The van der Waals surface area contributed by atoms with Crippen molar-refractivity contribution in [3.05, 3.63) is 95.4 Å². The van der Waals surface area contributed by atoms with Gasteiger partial charge >= 0.3 is 5.97 Å². The molecule has 132 valence electrons. The van der Waals surface area contributed by atoms with Gasteiger partial charge in [0, 0.05) is 6.08 Å². The van der Waals surface area contributed by atoms with Crippen LogP contribution in [0.5, 0.6) is 5.75 Å². The molecule has 0 radical (unpaired) electrons. The van der Waals surface area contributed by atoms with Crippen LogP contribution >= 0.6 is 0 Å². The number of rotatable bonds is 4. The van der Waals surface area contributed by atoms with E-state index in [2.05, 4.69) is 4.98 Å². The topological polar surface area (TPSA) is 52.3 Å². The van der Waals surface area contributed by atoms with E-state index in [1.165, 1.54) is 0 Å². The molecule has 0 amide bonds. The molecule has 0 bridgehead atoms. The molecule has 0 aliphatic carbocycles. The lowest BCUT2D eigenvalue weighted by molar-refractivity contribution is 0.0734. The Morgan fingerprint density at radius 1 is 0.926 bits per heavy atom. The fourth-order valence-electron chi connectivity index (χ4n) is 2.63. The van der Waals surface area contributed by atoms with Crippen LogP contribution in [0, 0.1) is 6.92 Å². The quantitative estimate of drug-likeness (QED) is 0.357. The van der Waals surface area contributed by atoms with Crippen molar-refractivity contribution in [2.45, 2.75) is 6.92 Å². The maximum absolute atomic E-state index is 12.2. The number of hydrogen-bond acceptors (Lipinski definition) is 4. The summed E-state index contributed by atoms with van der Waals surface area (Å²) in [6.45, 7) is 1.98. The molecule has 0 fully saturated rings. The smallest absolute Gasteiger partial charge is 0.343 e. The number of benzene rings is 3. The Hall–Kier alpha value is -3.66. The fourth-order valence-corrected chi connectivity index (χ4v) is 2.63. The average Bonchev–Trinajstić information content (AvgIpc) is 3.11. The molecule has 3 aromatic carbocycles. The summed E-state index contributed by atoms with van der Waals surface area (Å²) in [6, 6.07) is 22.2. The first-order chi connectivity index (χ1) is 13.2. The average molecular weight is 355 g/mol. The van der Waals surface area contributed by atoms with Crippen molar-refractivity contribution in [2.24, 2.45) is 0 Å². The van der Waals surface area contributed by atoms with E-state index in [0.29, 0.717) is 17.2 Å². The molecule has 4 heteroatoms. The van der Waals surface area contributed by atoms with E-state index in [9.17, 15) is 4.79 Å². The van der Waals surface area contributed by atoms with Crippen LogP contribution in [-0.2, 0) is 0 Å². The van der Waals surface area contributed by atoms with Crippen LogP contribution in [0.25, 0.3) is 23.3 Å². The number of aryl methyl sites for hydroxylation is 1. The monoisotopic (exact) mass is 355 g/mol. The molecular formula is C23H17NO3. The van der Waals surface area contributed by atoms with Crippen LogP contribution in [-0.4, -0.2) is 11.0 Å². The highest BCUT2D eigenvalue weighted by Crippen LogP contribution is 2.18. The van der Waals surface area contributed by atoms with Crippen molar-refractivity contribution in [1.29, 1.82) is 0 Å². The van der Waals surface area contributed by atoms with Crippen LogP contribution in [0.1, 0.15) is 27.4 Å². The minimum Gasteiger partial charge on any atom is -0.437 e. The number of oxazole rings is 1. The van der Waals surface area contributed by atoms with Gasteiger partial charge in [-0.05, 0) is 55.0 Å². The maximum atomic E-state index is 12.2. The second-order valence-corrected chi connectivity index (χ2v) is 6.18. The van der Waals surface area contributed by atoms with Gasteiger partial charge in [-0.2, -0.15) is 0 Å². The van der Waals surface area contributed by atoms with Gasteiger partial charge in [-0.3, -0.25) is 0 Å². The third-order valence-corrected chi connectivity index (χ3v) is 4.11. The summed E-state index contributed by atoms with van der Waals surface area (Å²) in [5, 5.41) is 0. The Labute approximate surface area is 156 Å². The SMILES string of the molecule is Cc1ccc(OC(=O)c2ccc(/C=C/c3nc4ccccc4o3)cc2)cc1. The summed E-state index contributed by atoms with van der Waals surface area (Å²) in [5.74, 6) is 0.693. The highest BCUT2D eigenvalue weighted by molar-refractivity contribution is 5.91. The minimum atomic E-state index is -0.381. The van der Waals surface area contributed by atoms with Gasteiger partial charge in [-0.15, -0.1) is 0 Å². The van der Waals surface area contributed by atoms with E-state index in [1.807, 2.05) is 61.5 Å². The third-order valence-electron chi connectivity index (χ3n) is 4.11. The summed E-state index contributed by atoms with van der Waals surface area (Å²) < 4.78 is 11.0. The molecule has 0 N–H and O–H groups in total. The van der Waals surface area contributed by atoms with Crippen molar-refractivity contribution >= 4 is 29.2 Å². The maximum Gasteiger partial charge on any atom is 0.343 e. The number of nitrogens with zero attached hydrogens (tertiary/aromatic N) is 1. The van der Waals surface area contributed by atoms with Crippen LogP contribution in [0.2, 0.25) is 0 Å². The molecule has 0 atom stereocenters. The molecule has 1 aromatic heterocycles. The molecular weight excluding hydrogens is 338 g/mol. The Morgan fingerprint density at radius 3 is 2.41 bits per heavy atom. The van der Waals surface area contributed by atoms with E-state index in [0.717, 1.165) is 22.2 Å². The second kappa shape index (κ2) is 7.30. The van der Waals surface area contributed by atoms with Gasteiger partial charge in [0.15, 0.2) is 5.58 Å². The summed E-state index contributed by atoms with van der Waals surface area (Å²) in [6.07, 6.45) is 3.69. The summed E-state index contributed by atoms with van der Waals surface area (Å²) in [5.41, 5.74) is 4.13. The van der Waals surface area contributed by atoms with E-state index in [1.54, 1.807) is 30.3 Å². The number of aromatic nitrogens is 1. The number of hydrogen-bond donors (Lipinski definition) is 0. The van der Waals surface area contributed by atoms with Gasteiger partial charge in [-0.25, -0.2) is 9.78 Å². The number of para-hydroxylation sites is 2. The Bertz CT molecular complexity index is 1070. The van der Waals surface area contributed by atoms with Gasteiger partial charge in [0.05, 0.1) is 5.56 Å². The highest BCUT2D eigenvalue weighted by atomic mass is 16.5. The summed E-state index contributed by atoms with van der Waals surface area (Å²) >= 11 is 0. The van der Waals surface area contributed by atoms with Crippen LogP contribution in [0.15, 0.2) is 77.2 Å². The number of ether oxygens (including phenoxy) is 1. The predicted molar refractivity (Wildman–Crippen MR) is 106 cm³/mol. The molecule has 4 nitrogen and oxygen atoms in total. The lowest BCUT2D eigenvalue weighted by Gasteiger charge is -2.05. The Balaban J connectivity index is 1.45. The lowest BCUT2D eigenvalue weighted by atomic mass is 10.1. The van der Waals surface area contributed by atoms with Gasteiger partial charge in [0.25, 0.3) is 0 Å². The fraction of sp³-hybridized carbons (Fsp3) is 0.0435. The first kappa shape index (κ1) is 16.8.